The third-order valence-electron chi connectivity index (χ3n) is 1.53. The molecule has 0 heterocycles. The third-order valence-corrected chi connectivity index (χ3v) is 2.28. The van der Waals surface area contributed by atoms with Gasteiger partial charge in [-0.15, -0.1) is 0 Å². The van der Waals surface area contributed by atoms with Crippen molar-refractivity contribution >= 4 is 15.9 Å². The van der Waals surface area contributed by atoms with Gasteiger partial charge in [0.15, 0.2) is 0 Å². The van der Waals surface area contributed by atoms with Crippen molar-refractivity contribution in [1.29, 1.82) is 0 Å². The molecule has 0 aromatic heterocycles. The highest BCUT2D eigenvalue weighted by Crippen LogP contribution is 2.05. The van der Waals surface area contributed by atoms with Crippen molar-refractivity contribution in [2.45, 2.75) is 25.8 Å². The van der Waals surface area contributed by atoms with E-state index >= 15 is 0 Å². The molecule has 0 amide bonds. The van der Waals surface area contributed by atoms with Crippen LogP contribution in [0.2, 0.25) is 0 Å². The minimum atomic E-state index is 0.718. The molecule has 0 saturated carbocycles. The minimum absolute atomic E-state index is 0.718. The summed E-state index contributed by atoms with van der Waals surface area (Å²) in [6.07, 6.45) is 2.56. The summed E-state index contributed by atoms with van der Waals surface area (Å²) >= 11 is 3.48. The van der Waals surface area contributed by atoms with E-state index in [1.54, 1.807) is 0 Å². The van der Waals surface area contributed by atoms with Crippen LogP contribution in [-0.4, -0.2) is 30.4 Å². The van der Waals surface area contributed by atoms with E-state index in [1.807, 2.05) is 0 Å². The van der Waals surface area contributed by atoms with E-state index < -0.39 is 0 Å². The molecule has 0 radical (unpaired) electrons. The molecule has 56 valence electrons. The van der Waals surface area contributed by atoms with E-state index in [2.05, 4.69) is 41.8 Å². The van der Waals surface area contributed by atoms with E-state index in [0.717, 1.165) is 11.4 Å². The molecule has 1 atom stereocenters. The van der Waals surface area contributed by atoms with Crippen LogP contribution in [0, 0.1) is 0 Å². The first-order valence-electron chi connectivity index (χ1n) is 3.44. The summed E-state index contributed by atoms with van der Waals surface area (Å²) in [5.74, 6) is 0. The van der Waals surface area contributed by atoms with Gasteiger partial charge in [-0.2, -0.15) is 0 Å². The highest BCUT2D eigenvalue weighted by molar-refractivity contribution is 9.09. The standard InChI is InChI=1S/C7H16BrN/c1-4-5-7(6-8)9(2)3/h7H,4-6H2,1-3H3. The third kappa shape index (κ3) is 3.93. The maximum atomic E-state index is 3.48. The van der Waals surface area contributed by atoms with Crippen molar-refractivity contribution < 1.29 is 0 Å². The molecule has 0 aliphatic heterocycles. The Kier molecular flexibility index (Phi) is 5.50. The van der Waals surface area contributed by atoms with E-state index in [9.17, 15) is 0 Å². The largest absolute Gasteiger partial charge is 0.306 e. The summed E-state index contributed by atoms with van der Waals surface area (Å²) in [5, 5.41) is 1.09. The van der Waals surface area contributed by atoms with Crippen molar-refractivity contribution in [3.8, 4) is 0 Å². The predicted molar refractivity (Wildman–Crippen MR) is 46.2 cm³/mol. The van der Waals surface area contributed by atoms with Gasteiger partial charge in [0.05, 0.1) is 0 Å². The SMILES string of the molecule is CCCC(CBr)N(C)C. The van der Waals surface area contributed by atoms with Crippen molar-refractivity contribution in [1.82, 2.24) is 4.90 Å². The van der Waals surface area contributed by atoms with Crippen molar-refractivity contribution in [2.75, 3.05) is 19.4 Å². The van der Waals surface area contributed by atoms with E-state index in [-0.39, 0.29) is 0 Å². The maximum absolute atomic E-state index is 3.48. The second-order valence-corrected chi connectivity index (χ2v) is 3.21. The summed E-state index contributed by atoms with van der Waals surface area (Å²) < 4.78 is 0. The Labute approximate surface area is 66.6 Å². The molecule has 0 saturated heterocycles. The summed E-state index contributed by atoms with van der Waals surface area (Å²) in [5.41, 5.74) is 0. The molecule has 0 aliphatic rings. The smallest absolute Gasteiger partial charge is 0.0188 e. The van der Waals surface area contributed by atoms with E-state index in [0.29, 0.717) is 0 Å². The molecule has 1 nitrogen and oxygen atoms in total. The summed E-state index contributed by atoms with van der Waals surface area (Å²) in [4.78, 5) is 2.26. The van der Waals surface area contributed by atoms with Crippen LogP contribution in [0.4, 0.5) is 0 Å². The Morgan fingerprint density at radius 1 is 1.44 bits per heavy atom. The van der Waals surface area contributed by atoms with Gasteiger partial charge in [-0.3, -0.25) is 0 Å². The average molecular weight is 194 g/mol. The Morgan fingerprint density at radius 2 is 2.00 bits per heavy atom. The molecule has 0 fully saturated rings. The van der Waals surface area contributed by atoms with Crippen LogP contribution in [0.5, 0.6) is 0 Å². The fourth-order valence-electron chi connectivity index (χ4n) is 0.807. The summed E-state index contributed by atoms with van der Waals surface area (Å²) in [7, 11) is 4.25. The Bertz CT molecular complexity index is 63.9. The van der Waals surface area contributed by atoms with Crippen molar-refractivity contribution in [3.05, 3.63) is 0 Å². The quantitative estimate of drug-likeness (QED) is 0.619. The summed E-state index contributed by atoms with van der Waals surface area (Å²) in [6, 6.07) is 0.718. The van der Waals surface area contributed by atoms with Gasteiger partial charge in [0.1, 0.15) is 0 Å². The molecule has 2 heteroatoms. The van der Waals surface area contributed by atoms with Crippen LogP contribution in [0.15, 0.2) is 0 Å². The van der Waals surface area contributed by atoms with Gasteiger partial charge in [-0.25, -0.2) is 0 Å². The fourth-order valence-corrected chi connectivity index (χ4v) is 1.71. The number of nitrogens with zero attached hydrogens (tertiary/aromatic N) is 1. The molecular formula is C7H16BrN. The molecule has 0 aliphatic carbocycles. The van der Waals surface area contributed by atoms with Crippen LogP contribution in [-0.2, 0) is 0 Å². The number of alkyl halides is 1. The minimum Gasteiger partial charge on any atom is -0.306 e. The molecule has 0 aromatic carbocycles. The number of rotatable bonds is 4. The molecule has 0 spiro atoms. The lowest BCUT2D eigenvalue weighted by Crippen LogP contribution is -2.28. The van der Waals surface area contributed by atoms with Gasteiger partial charge in [0.25, 0.3) is 0 Å². The lowest BCUT2D eigenvalue weighted by atomic mass is 10.2. The second-order valence-electron chi connectivity index (χ2n) is 2.56. The first kappa shape index (κ1) is 9.44. The first-order valence-corrected chi connectivity index (χ1v) is 4.56. The Hall–Kier alpha value is 0.440. The molecule has 0 rings (SSSR count). The number of hydrogen-bond donors (Lipinski definition) is 0. The van der Waals surface area contributed by atoms with Gasteiger partial charge in [0, 0.05) is 11.4 Å². The van der Waals surface area contributed by atoms with Crippen LogP contribution >= 0.6 is 15.9 Å². The van der Waals surface area contributed by atoms with Crippen LogP contribution in [0.3, 0.4) is 0 Å². The number of halogens is 1. The zero-order valence-electron chi connectivity index (χ0n) is 6.52. The topological polar surface area (TPSA) is 3.24 Å². The van der Waals surface area contributed by atoms with Crippen molar-refractivity contribution in [3.63, 3.8) is 0 Å². The van der Waals surface area contributed by atoms with E-state index in [4.69, 9.17) is 0 Å². The van der Waals surface area contributed by atoms with Gasteiger partial charge in [0.2, 0.25) is 0 Å². The maximum Gasteiger partial charge on any atom is 0.0188 e. The van der Waals surface area contributed by atoms with Gasteiger partial charge < -0.3 is 4.90 Å². The second kappa shape index (κ2) is 5.24. The highest BCUT2D eigenvalue weighted by atomic mass is 79.9. The van der Waals surface area contributed by atoms with Crippen LogP contribution in [0.1, 0.15) is 19.8 Å². The lowest BCUT2D eigenvalue weighted by Gasteiger charge is -2.20. The first-order chi connectivity index (χ1) is 4.22. The molecule has 0 bridgehead atoms. The Balaban J connectivity index is 3.41. The normalized spacial score (nSPS) is 14.3. The number of hydrogen-bond acceptors (Lipinski definition) is 1. The van der Waals surface area contributed by atoms with Crippen LogP contribution < -0.4 is 0 Å². The molecule has 0 N–H and O–H groups in total. The van der Waals surface area contributed by atoms with Gasteiger partial charge >= 0.3 is 0 Å². The average Bonchev–Trinajstić information content (AvgIpc) is 1.82. The molecule has 0 aromatic rings. The van der Waals surface area contributed by atoms with Crippen LogP contribution in [0.25, 0.3) is 0 Å². The zero-order valence-corrected chi connectivity index (χ0v) is 8.11. The summed E-state index contributed by atoms with van der Waals surface area (Å²) in [6.45, 7) is 2.22. The lowest BCUT2D eigenvalue weighted by molar-refractivity contribution is 0.303. The molecule has 9 heavy (non-hydrogen) atoms. The predicted octanol–water partition coefficient (Wildman–Crippen LogP) is 2.11. The van der Waals surface area contributed by atoms with Gasteiger partial charge in [-0.1, -0.05) is 29.3 Å². The molecular weight excluding hydrogens is 178 g/mol. The monoisotopic (exact) mass is 193 g/mol. The van der Waals surface area contributed by atoms with Gasteiger partial charge in [-0.05, 0) is 20.5 Å². The Morgan fingerprint density at radius 3 is 2.11 bits per heavy atom. The van der Waals surface area contributed by atoms with Crippen molar-refractivity contribution in [2.24, 2.45) is 0 Å². The highest BCUT2D eigenvalue weighted by Gasteiger charge is 2.06. The fraction of sp³-hybridized carbons (Fsp3) is 1.00. The molecule has 1 unspecified atom stereocenters. The zero-order chi connectivity index (χ0) is 7.28. The van der Waals surface area contributed by atoms with E-state index in [1.165, 1.54) is 12.8 Å².